The summed E-state index contributed by atoms with van der Waals surface area (Å²) in [7, 11) is 0. The Kier molecular flexibility index (Phi) is 7.29. The zero-order valence-corrected chi connectivity index (χ0v) is 14.3. The van der Waals surface area contributed by atoms with Crippen molar-refractivity contribution < 1.29 is 14.3 Å². The van der Waals surface area contributed by atoms with Gasteiger partial charge in [0.15, 0.2) is 5.11 Å². The summed E-state index contributed by atoms with van der Waals surface area (Å²) in [5.74, 6) is 0.729. The number of aryl methyl sites for hydroxylation is 1. The number of rotatable bonds is 7. The lowest BCUT2D eigenvalue weighted by Gasteiger charge is -2.13. The zero-order chi connectivity index (χ0) is 16.5. The summed E-state index contributed by atoms with van der Waals surface area (Å²) in [4.78, 5) is 11.8. The molecule has 1 aromatic rings. The molecule has 0 aromatic heterocycles. The highest BCUT2D eigenvalue weighted by molar-refractivity contribution is 7.80. The summed E-state index contributed by atoms with van der Waals surface area (Å²) >= 11 is 5.10. The minimum atomic E-state index is -0.0950. The van der Waals surface area contributed by atoms with E-state index in [1.807, 2.05) is 31.2 Å². The maximum Gasteiger partial charge on any atom is 0.226 e. The fourth-order valence-electron chi connectivity index (χ4n) is 2.30. The van der Waals surface area contributed by atoms with Gasteiger partial charge < -0.3 is 20.1 Å². The fraction of sp³-hybridized carbons (Fsp3) is 0.529. The van der Waals surface area contributed by atoms with Crippen LogP contribution in [0.2, 0.25) is 0 Å². The summed E-state index contributed by atoms with van der Waals surface area (Å²) in [6, 6.07) is 7.86. The lowest BCUT2D eigenvalue weighted by Crippen LogP contribution is -2.42. The predicted molar refractivity (Wildman–Crippen MR) is 93.6 cm³/mol. The van der Waals surface area contributed by atoms with Gasteiger partial charge in [-0.3, -0.25) is 4.79 Å². The van der Waals surface area contributed by atoms with Crippen LogP contribution in [0.15, 0.2) is 24.3 Å². The predicted octanol–water partition coefficient (Wildman–Crippen LogP) is 2.32. The molecule has 1 fully saturated rings. The van der Waals surface area contributed by atoms with Gasteiger partial charge in [0.2, 0.25) is 5.91 Å². The van der Waals surface area contributed by atoms with E-state index in [0.29, 0.717) is 31.1 Å². The second-order valence-corrected chi connectivity index (χ2v) is 6.07. The first kappa shape index (κ1) is 17.7. The van der Waals surface area contributed by atoms with Gasteiger partial charge in [-0.05, 0) is 50.5 Å². The molecule has 1 aliphatic rings. The van der Waals surface area contributed by atoms with Gasteiger partial charge in [-0.2, -0.15) is 0 Å². The van der Waals surface area contributed by atoms with Crippen LogP contribution in [0.1, 0.15) is 31.2 Å². The Balaban J connectivity index is 1.53. The quantitative estimate of drug-likeness (QED) is 0.591. The SMILES string of the molecule is Cc1ccc(OCCCC(=O)NC(=S)NCC2CCCO2)cc1. The Morgan fingerprint density at radius 1 is 1.39 bits per heavy atom. The second-order valence-electron chi connectivity index (χ2n) is 5.66. The van der Waals surface area contributed by atoms with E-state index >= 15 is 0 Å². The molecule has 0 radical (unpaired) electrons. The van der Waals surface area contributed by atoms with E-state index in [0.717, 1.165) is 25.2 Å². The summed E-state index contributed by atoms with van der Waals surface area (Å²) in [6.45, 7) is 4.00. The Morgan fingerprint density at radius 2 is 2.17 bits per heavy atom. The lowest BCUT2D eigenvalue weighted by atomic mass is 10.2. The number of hydrogen-bond donors (Lipinski definition) is 2. The molecule has 1 saturated heterocycles. The molecule has 6 heteroatoms. The number of carbonyl (C=O) groups is 1. The van der Waals surface area contributed by atoms with Gasteiger partial charge in [0, 0.05) is 19.6 Å². The fourth-order valence-corrected chi connectivity index (χ4v) is 2.50. The maximum absolute atomic E-state index is 11.8. The number of amides is 1. The summed E-state index contributed by atoms with van der Waals surface area (Å²) in [6.07, 6.45) is 3.36. The van der Waals surface area contributed by atoms with Crippen molar-refractivity contribution in [1.82, 2.24) is 10.6 Å². The second kappa shape index (κ2) is 9.47. The first-order valence-electron chi connectivity index (χ1n) is 8.02. The van der Waals surface area contributed by atoms with Gasteiger partial charge in [0.25, 0.3) is 0 Å². The molecule has 1 unspecified atom stereocenters. The molecule has 2 N–H and O–H groups in total. The molecule has 1 aliphatic heterocycles. The van der Waals surface area contributed by atoms with Crippen LogP contribution in [0.3, 0.4) is 0 Å². The van der Waals surface area contributed by atoms with E-state index in [1.165, 1.54) is 5.56 Å². The highest BCUT2D eigenvalue weighted by Gasteiger charge is 2.15. The molecule has 1 atom stereocenters. The van der Waals surface area contributed by atoms with E-state index < -0.39 is 0 Å². The Labute approximate surface area is 142 Å². The first-order chi connectivity index (χ1) is 11.1. The summed E-state index contributed by atoms with van der Waals surface area (Å²) in [5.41, 5.74) is 1.20. The van der Waals surface area contributed by atoms with Crippen LogP contribution in [0.4, 0.5) is 0 Å². The van der Waals surface area contributed by atoms with E-state index in [4.69, 9.17) is 21.7 Å². The van der Waals surface area contributed by atoms with E-state index in [1.54, 1.807) is 0 Å². The Morgan fingerprint density at radius 3 is 2.87 bits per heavy atom. The number of ether oxygens (including phenoxy) is 2. The Hall–Kier alpha value is -1.66. The third-order valence-corrected chi connectivity index (χ3v) is 3.85. The zero-order valence-electron chi connectivity index (χ0n) is 13.5. The molecule has 0 aliphatic carbocycles. The molecular weight excluding hydrogens is 312 g/mol. The maximum atomic E-state index is 11.8. The van der Waals surface area contributed by atoms with Crippen molar-refractivity contribution in [1.29, 1.82) is 0 Å². The lowest BCUT2D eigenvalue weighted by molar-refractivity contribution is -0.119. The number of benzene rings is 1. The van der Waals surface area contributed by atoms with Crippen LogP contribution in [0.25, 0.3) is 0 Å². The highest BCUT2D eigenvalue weighted by Crippen LogP contribution is 2.12. The van der Waals surface area contributed by atoms with Crippen molar-refractivity contribution in [2.45, 2.75) is 38.7 Å². The summed E-state index contributed by atoms with van der Waals surface area (Å²) < 4.78 is 11.1. The van der Waals surface area contributed by atoms with Gasteiger partial charge in [-0.1, -0.05) is 17.7 Å². The molecule has 0 saturated carbocycles. The molecule has 1 amide bonds. The normalized spacial score (nSPS) is 16.8. The van der Waals surface area contributed by atoms with Crippen LogP contribution in [-0.2, 0) is 9.53 Å². The van der Waals surface area contributed by atoms with Crippen LogP contribution in [0.5, 0.6) is 5.75 Å². The van der Waals surface area contributed by atoms with Gasteiger partial charge in [-0.25, -0.2) is 0 Å². The van der Waals surface area contributed by atoms with Crippen molar-refractivity contribution in [3.63, 3.8) is 0 Å². The van der Waals surface area contributed by atoms with Gasteiger partial charge in [0.05, 0.1) is 12.7 Å². The highest BCUT2D eigenvalue weighted by atomic mass is 32.1. The average Bonchev–Trinajstić information content (AvgIpc) is 3.05. The molecule has 5 nitrogen and oxygen atoms in total. The summed E-state index contributed by atoms with van der Waals surface area (Å²) in [5, 5.41) is 6.07. The molecule has 1 aromatic carbocycles. The van der Waals surface area contributed by atoms with Crippen LogP contribution in [-0.4, -0.2) is 36.9 Å². The average molecular weight is 336 g/mol. The van der Waals surface area contributed by atoms with E-state index in [2.05, 4.69) is 10.6 Å². The number of hydrogen-bond acceptors (Lipinski definition) is 4. The van der Waals surface area contributed by atoms with Crippen LogP contribution < -0.4 is 15.4 Å². The molecule has 0 bridgehead atoms. The van der Waals surface area contributed by atoms with Gasteiger partial charge in [0.1, 0.15) is 5.75 Å². The van der Waals surface area contributed by atoms with Gasteiger partial charge in [-0.15, -0.1) is 0 Å². The monoisotopic (exact) mass is 336 g/mol. The number of thiocarbonyl (C=S) groups is 1. The third kappa shape index (κ3) is 6.97. The standard InChI is InChI=1S/C17H24N2O3S/c1-13-6-8-14(9-7-13)21-11-3-5-16(20)19-17(23)18-12-15-4-2-10-22-15/h6-9,15H,2-5,10-12H2,1H3,(H2,18,19,20,23). The van der Waals surface area contributed by atoms with E-state index in [-0.39, 0.29) is 12.0 Å². The molecule has 126 valence electrons. The molecular formula is C17H24N2O3S. The van der Waals surface area contributed by atoms with Crippen molar-refractivity contribution in [3.8, 4) is 5.75 Å². The van der Waals surface area contributed by atoms with Crippen LogP contribution in [0, 0.1) is 6.92 Å². The minimum absolute atomic E-state index is 0.0950. The number of carbonyl (C=O) groups excluding carboxylic acids is 1. The smallest absolute Gasteiger partial charge is 0.226 e. The third-order valence-electron chi connectivity index (χ3n) is 3.61. The van der Waals surface area contributed by atoms with Crippen molar-refractivity contribution in [3.05, 3.63) is 29.8 Å². The molecule has 2 rings (SSSR count). The van der Waals surface area contributed by atoms with Crippen molar-refractivity contribution >= 4 is 23.2 Å². The molecule has 1 heterocycles. The Bertz CT molecular complexity index is 513. The number of nitrogens with one attached hydrogen (secondary N) is 2. The minimum Gasteiger partial charge on any atom is -0.494 e. The largest absolute Gasteiger partial charge is 0.494 e. The van der Waals surface area contributed by atoms with E-state index in [9.17, 15) is 4.79 Å². The molecule has 23 heavy (non-hydrogen) atoms. The topological polar surface area (TPSA) is 59.6 Å². The first-order valence-corrected chi connectivity index (χ1v) is 8.43. The van der Waals surface area contributed by atoms with Crippen molar-refractivity contribution in [2.24, 2.45) is 0 Å². The molecule has 0 spiro atoms. The van der Waals surface area contributed by atoms with Crippen LogP contribution >= 0.6 is 12.2 Å². The van der Waals surface area contributed by atoms with Crippen molar-refractivity contribution in [2.75, 3.05) is 19.8 Å². The van der Waals surface area contributed by atoms with Gasteiger partial charge >= 0.3 is 0 Å².